The van der Waals surface area contributed by atoms with Crippen LogP contribution in [0.5, 0.6) is 0 Å². The molecule has 0 aliphatic heterocycles. The number of rotatable bonds is 5. The van der Waals surface area contributed by atoms with Gasteiger partial charge < -0.3 is 10.6 Å². The fourth-order valence-electron chi connectivity index (χ4n) is 1.60. The van der Waals surface area contributed by atoms with E-state index < -0.39 is 24.2 Å². The van der Waals surface area contributed by atoms with Gasteiger partial charge in [-0.05, 0) is 13.1 Å². The molecule has 1 aromatic carbocycles. The van der Waals surface area contributed by atoms with E-state index >= 15 is 0 Å². The summed E-state index contributed by atoms with van der Waals surface area (Å²) in [4.78, 5) is 1.37. The number of hydrogen-bond donors (Lipinski definition) is 2. The van der Waals surface area contributed by atoms with Crippen molar-refractivity contribution in [1.29, 1.82) is 5.41 Å². The Morgan fingerprint density at radius 3 is 2.53 bits per heavy atom. The van der Waals surface area contributed by atoms with E-state index in [2.05, 4.69) is 0 Å². The molecule has 1 aromatic rings. The lowest BCUT2D eigenvalue weighted by atomic mass is 10.1. The van der Waals surface area contributed by atoms with Gasteiger partial charge in [-0.25, -0.2) is 4.39 Å². The Bertz CT molecular complexity index is 457. The van der Waals surface area contributed by atoms with Crippen molar-refractivity contribution in [3.8, 4) is 0 Å². The second-order valence-electron chi connectivity index (χ2n) is 4.30. The van der Waals surface area contributed by atoms with Crippen molar-refractivity contribution < 1.29 is 17.6 Å². The third kappa shape index (κ3) is 4.86. The predicted octanol–water partition coefficient (Wildman–Crippen LogP) is 2.49. The summed E-state index contributed by atoms with van der Waals surface area (Å²) in [5.41, 5.74) is 5.39. The van der Waals surface area contributed by atoms with Gasteiger partial charge in [-0.3, -0.25) is 5.41 Å². The highest BCUT2D eigenvalue weighted by Crippen LogP contribution is 2.20. The average Bonchev–Trinajstić information content (AvgIpc) is 2.28. The summed E-state index contributed by atoms with van der Waals surface area (Å²) < 4.78 is 50.1. The standard InChI is InChI=1S/C12H15F4N3/c1-19(6-5-12(14,15)16)7-8-3-2-4-9(10(8)13)11(17)18/h2-4H,5-7H2,1H3,(H3,17,18). The largest absolute Gasteiger partial charge is 0.390 e. The first-order valence-electron chi connectivity index (χ1n) is 5.58. The molecule has 3 N–H and O–H groups in total. The van der Waals surface area contributed by atoms with Gasteiger partial charge in [-0.15, -0.1) is 0 Å². The van der Waals surface area contributed by atoms with E-state index in [0.717, 1.165) is 0 Å². The van der Waals surface area contributed by atoms with Crippen LogP contribution in [0.1, 0.15) is 17.5 Å². The van der Waals surface area contributed by atoms with Crippen molar-refractivity contribution in [3.63, 3.8) is 0 Å². The molecule has 0 bridgehead atoms. The Labute approximate surface area is 108 Å². The summed E-state index contributed by atoms with van der Waals surface area (Å²) in [6.07, 6.45) is -5.18. The van der Waals surface area contributed by atoms with Crippen molar-refractivity contribution >= 4 is 5.84 Å². The van der Waals surface area contributed by atoms with Crippen LogP contribution in [0, 0.1) is 11.2 Å². The number of nitrogen functional groups attached to an aromatic ring is 1. The lowest BCUT2D eigenvalue weighted by Gasteiger charge is -2.18. The normalized spacial score (nSPS) is 11.9. The van der Waals surface area contributed by atoms with Crippen LogP contribution >= 0.6 is 0 Å². The van der Waals surface area contributed by atoms with E-state index in [1.54, 1.807) is 0 Å². The molecule has 0 radical (unpaired) electrons. The Morgan fingerprint density at radius 1 is 1.37 bits per heavy atom. The second-order valence-corrected chi connectivity index (χ2v) is 4.30. The smallest absolute Gasteiger partial charge is 0.384 e. The SMILES string of the molecule is CN(CCC(F)(F)F)Cc1cccc(C(=N)N)c1F. The zero-order valence-corrected chi connectivity index (χ0v) is 10.4. The van der Waals surface area contributed by atoms with Crippen molar-refractivity contribution in [1.82, 2.24) is 4.90 Å². The molecule has 0 spiro atoms. The molecule has 0 saturated heterocycles. The molecule has 0 heterocycles. The number of benzene rings is 1. The first-order valence-corrected chi connectivity index (χ1v) is 5.58. The van der Waals surface area contributed by atoms with Gasteiger partial charge in [0.15, 0.2) is 0 Å². The molecule has 0 amide bonds. The number of nitrogens with two attached hydrogens (primary N) is 1. The van der Waals surface area contributed by atoms with Crippen LogP contribution in [0.2, 0.25) is 0 Å². The topological polar surface area (TPSA) is 53.1 Å². The van der Waals surface area contributed by atoms with Crippen LogP contribution in [0.25, 0.3) is 0 Å². The van der Waals surface area contributed by atoms with Gasteiger partial charge in [0.25, 0.3) is 0 Å². The summed E-state index contributed by atoms with van der Waals surface area (Å²) in [6, 6.07) is 4.34. The average molecular weight is 277 g/mol. The molecule has 0 fully saturated rings. The highest BCUT2D eigenvalue weighted by Gasteiger charge is 2.27. The van der Waals surface area contributed by atoms with Gasteiger partial charge in [0, 0.05) is 18.7 Å². The number of nitrogens with zero attached hydrogens (tertiary/aromatic N) is 1. The van der Waals surface area contributed by atoms with Crippen molar-refractivity contribution in [3.05, 3.63) is 35.1 Å². The fraction of sp³-hybridized carbons (Fsp3) is 0.417. The molecule has 0 saturated carbocycles. The van der Waals surface area contributed by atoms with Crippen LogP contribution in [0.3, 0.4) is 0 Å². The molecule has 0 unspecified atom stereocenters. The van der Waals surface area contributed by atoms with E-state index in [9.17, 15) is 17.6 Å². The van der Waals surface area contributed by atoms with Crippen molar-refractivity contribution in [2.24, 2.45) is 5.73 Å². The molecular formula is C12H15F4N3. The van der Waals surface area contributed by atoms with Gasteiger partial charge >= 0.3 is 6.18 Å². The zero-order valence-electron chi connectivity index (χ0n) is 10.4. The minimum absolute atomic E-state index is 0.0308. The van der Waals surface area contributed by atoms with Crippen LogP contribution in [0.15, 0.2) is 18.2 Å². The lowest BCUT2D eigenvalue weighted by molar-refractivity contribution is -0.137. The third-order valence-electron chi connectivity index (χ3n) is 2.59. The molecule has 0 aromatic heterocycles. The van der Waals surface area contributed by atoms with Crippen LogP contribution in [-0.4, -0.2) is 30.5 Å². The van der Waals surface area contributed by atoms with Gasteiger partial charge in [0.05, 0.1) is 12.0 Å². The molecule has 19 heavy (non-hydrogen) atoms. The van der Waals surface area contributed by atoms with Gasteiger partial charge in [0.1, 0.15) is 11.7 Å². The van der Waals surface area contributed by atoms with Crippen LogP contribution < -0.4 is 5.73 Å². The molecular weight excluding hydrogens is 262 g/mol. The number of hydrogen-bond acceptors (Lipinski definition) is 2. The molecule has 0 aliphatic carbocycles. The predicted molar refractivity (Wildman–Crippen MR) is 64.4 cm³/mol. The Kier molecular flexibility index (Phi) is 4.88. The molecule has 7 heteroatoms. The van der Waals surface area contributed by atoms with Crippen LogP contribution in [0.4, 0.5) is 17.6 Å². The Morgan fingerprint density at radius 2 is 2.00 bits per heavy atom. The molecule has 1 rings (SSSR count). The Balaban J connectivity index is 2.72. The highest BCUT2D eigenvalue weighted by atomic mass is 19.4. The van der Waals surface area contributed by atoms with E-state index in [1.165, 1.54) is 30.1 Å². The van der Waals surface area contributed by atoms with E-state index in [0.29, 0.717) is 0 Å². The summed E-state index contributed by atoms with van der Waals surface area (Å²) in [5.74, 6) is -1.06. The Hall–Kier alpha value is -1.63. The maximum atomic E-state index is 13.9. The minimum Gasteiger partial charge on any atom is -0.384 e. The van der Waals surface area contributed by atoms with Gasteiger partial charge in [0.2, 0.25) is 0 Å². The maximum absolute atomic E-state index is 13.9. The van der Waals surface area contributed by atoms with Gasteiger partial charge in [-0.2, -0.15) is 13.2 Å². The monoisotopic (exact) mass is 277 g/mol. The zero-order chi connectivity index (χ0) is 14.6. The summed E-state index contributed by atoms with van der Waals surface area (Å²) in [7, 11) is 1.48. The second kappa shape index (κ2) is 6.01. The van der Waals surface area contributed by atoms with Gasteiger partial charge in [-0.1, -0.05) is 12.1 Å². The van der Waals surface area contributed by atoms with Crippen molar-refractivity contribution in [2.75, 3.05) is 13.6 Å². The van der Waals surface area contributed by atoms with Crippen LogP contribution in [-0.2, 0) is 6.54 Å². The number of halogens is 4. The third-order valence-corrected chi connectivity index (χ3v) is 2.59. The maximum Gasteiger partial charge on any atom is 0.390 e. The number of nitrogens with one attached hydrogen (secondary N) is 1. The number of alkyl halides is 3. The molecule has 0 atom stereocenters. The summed E-state index contributed by atoms with van der Waals surface area (Å²) >= 11 is 0. The molecule has 0 aliphatic rings. The minimum atomic E-state index is -4.23. The molecule has 3 nitrogen and oxygen atoms in total. The van der Waals surface area contributed by atoms with Crippen molar-refractivity contribution in [2.45, 2.75) is 19.1 Å². The van der Waals surface area contributed by atoms with E-state index in [1.807, 2.05) is 0 Å². The van der Waals surface area contributed by atoms with E-state index in [4.69, 9.17) is 11.1 Å². The summed E-state index contributed by atoms with van der Waals surface area (Å²) in [6.45, 7) is -0.184. The molecule has 106 valence electrons. The number of amidine groups is 1. The quantitative estimate of drug-likeness (QED) is 0.493. The first kappa shape index (κ1) is 15.4. The first-order chi connectivity index (χ1) is 8.70. The highest BCUT2D eigenvalue weighted by molar-refractivity contribution is 5.95. The lowest BCUT2D eigenvalue weighted by Crippen LogP contribution is -2.25. The fourth-order valence-corrected chi connectivity index (χ4v) is 1.60. The van der Waals surface area contributed by atoms with E-state index in [-0.39, 0.29) is 24.2 Å². The summed E-state index contributed by atoms with van der Waals surface area (Å²) in [5, 5.41) is 7.19.